The maximum Gasteiger partial charge on any atom is 0.352 e. The van der Waals surface area contributed by atoms with Crippen LogP contribution in [0.4, 0.5) is 0 Å². The van der Waals surface area contributed by atoms with E-state index in [0.29, 0.717) is 0 Å². The van der Waals surface area contributed by atoms with E-state index in [0.717, 1.165) is 11.1 Å². The lowest BCUT2D eigenvalue weighted by molar-refractivity contribution is -0.139. The summed E-state index contributed by atoms with van der Waals surface area (Å²) in [5, 5.41) is 0.236. The minimum absolute atomic E-state index is 0.0232. The SMILES string of the molecule is Cc1ccc(C2OC(=O)C(Cl)=C2Cl)cc1C. The van der Waals surface area contributed by atoms with Crippen LogP contribution in [0.3, 0.4) is 0 Å². The molecule has 1 aliphatic rings. The molecule has 0 saturated heterocycles. The molecule has 1 aromatic rings. The molecule has 1 unspecified atom stereocenters. The van der Waals surface area contributed by atoms with Crippen LogP contribution >= 0.6 is 23.2 Å². The first-order chi connectivity index (χ1) is 7.50. The van der Waals surface area contributed by atoms with Crippen molar-refractivity contribution >= 4 is 29.2 Å². The molecule has 2 nitrogen and oxygen atoms in total. The lowest BCUT2D eigenvalue weighted by Gasteiger charge is -2.12. The Morgan fingerprint density at radius 1 is 1.19 bits per heavy atom. The Balaban J connectivity index is 2.40. The first-order valence-corrected chi connectivity index (χ1v) is 5.59. The molecule has 0 N–H and O–H groups in total. The molecule has 0 spiro atoms. The molecule has 0 fully saturated rings. The van der Waals surface area contributed by atoms with Crippen LogP contribution in [-0.2, 0) is 9.53 Å². The van der Waals surface area contributed by atoms with Gasteiger partial charge in [-0.3, -0.25) is 0 Å². The van der Waals surface area contributed by atoms with Gasteiger partial charge in [-0.1, -0.05) is 41.4 Å². The average molecular weight is 257 g/mol. The molecule has 84 valence electrons. The van der Waals surface area contributed by atoms with E-state index in [1.165, 1.54) is 5.56 Å². The second-order valence-electron chi connectivity index (χ2n) is 3.79. The summed E-state index contributed by atoms with van der Waals surface area (Å²) in [5.41, 5.74) is 3.15. The Morgan fingerprint density at radius 3 is 2.38 bits per heavy atom. The summed E-state index contributed by atoms with van der Waals surface area (Å²) in [6, 6.07) is 5.80. The summed E-state index contributed by atoms with van der Waals surface area (Å²) >= 11 is 11.7. The molecule has 1 aromatic carbocycles. The molecule has 4 heteroatoms. The third kappa shape index (κ3) is 1.83. The van der Waals surface area contributed by atoms with Crippen LogP contribution in [0.1, 0.15) is 22.8 Å². The zero-order chi connectivity index (χ0) is 11.9. The number of rotatable bonds is 1. The van der Waals surface area contributed by atoms with E-state index in [9.17, 15) is 4.79 Å². The van der Waals surface area contributed by atoms with E-state index >= 15 is 0 Å². The molecule has 0 saturated carbocycles. The largest absolute Gasteiger partial charge is 0.447 e. The lowest BCUT2D eigenvalue weighted by atomic mass is 10.0. The van der Waals surface area contributed by atoms with E-state index in [2.05, 4.69) is 0 Å². The zero-order valence-corrected chi connectivity index (χ0v) is 10.4. The highest BCUT2D eigenvalue weighted by molar-refractivity contribution is 6.48. The Hall–Kier alpha value is -0.990. The predicted octanol–water partition coefficient (Wildman–Crippen LogP) is 3.59. The third-order valence-electron chi connectivity index (χ3n) is 2.68. The van der Waals surface area contributed by atoms with Crippen molar-refractivity contribution < 1.29 is 9.53 Å². The molecule has 1 atom stereocenters. The maximum absolute atomic E-state index is 11.2. The number of esters is 1. The van der Waals surface area contributed by atoms with E-state index in [1.807, 2.05) is 32.0 Å². The van der Waals surface area contributed by atoms with Gasteiger partial charge in [0.15, 0.2) is 6.10 Å². The van der Waals surface area contributed by atoms with Gasteiger partial charge in [0.1, 0.15) is 5.03 Å². The highest BCUT2D eigenvalue weighted by Gasteiger charge is 2.33. The van der Waals surface area contributed by atoms with Crippen LogP contribution in [0.15, 0.2) is 28.3 Å². The van der Waals surface area contributed by atoms with Crippen molar-refractivity contribution in [2.24, 2.45) is 0 Å². The summed E-state index contributed by atoms with van der Waals surface area (Å²) in [7, 11) is 0. The van der Waals surface area contributed by atoms with Crippen LogP contribution in [-0.4, -0.2) is 5.97 Å². The second-order valence-corrected chi connectivity index (χ2v) is 4.58. The maximum atomic E-state index is 11.2. The van der Waals surface area contributed by atoms with Gasteiger partial charge in [-0.15, -0.1) is 0 Å². The van der Waals surface area contributed by atoms with E-state index in [-0.39, 0.29) is 10.1 Å². The van der Waals surface area contributed by atoms with Crippen molar-refractivity contribution in [3.8, 4) is 0 Å². The molecule has 0 aromatic heterocycles. The zero-order valence-electron chi connectivity index (χ0n) is 8.88. The fourth-order valence-corrected chi connectivity index (χ4v) is 1.96. The van der Waals surface area contributed by atoms with Gasteiger partial charge in [-0.05, 0) is 30.5 Å². The van der Waals surface area contributed by atoms with Gasteiger partial charge in [-0.25, -0.2) is 4.79 Å². The number of benzene rings is 1. The van der Waals surface area contributed by atoms with Gasteiger partial charge in [-0.2, -0.15) is 0 Å². The van der Waals surface area contributed by atoms with Gasteiger partial charge in [0, 0.05) is 0 Å². The summed E-state index contributed by atoms with van der Waals surface area (Å²) in [4.78, 5) is 11.2. The number of hydrogen-bond acceptors (Lipinski definition) is 2. The van der Waals surface area contributed by atoms with E-state index in [4.69, 9.17) is 27.9 Å². The van der Waals surface area contributed by atoms with Crippen LogP contribution in [0, 0.1) is 13.8 Å². The topological polar surface area (TPSA) is 26.3 Å². The Labute approximate surface area is 104 Å². The summed E-state index contributed by atoms with van der Waals surface area (Å²) in [6.45, 7) is 4.01. The van der Waals surface area contributed by atoms with E-state index < -0.39 is 12.1 Å². The summed E-state index contributed by atoms with van der Waals surface area (Å²) in [5.74, 6) is -0.560. The minimum atomic E-state index is -0.560. The van der Waals surface area contributed by atoms with Crippen molar-refractivity contribution in [2.75, 3.05) is 0 Å². The Bertz CT molecular complexity index is 492. The number of hydrogen-bond donors (Lipinski definition) is 0. The van der Waals surface area contributed by atoms with Crippen molar-refractivity contribution in [2.45, 2.75) is 20.0 Å². The normalized spacial score (nSPS) is 20.2. The number of cyclic esters (lactones) is 1. The molecule has 1 heterocycles. The Kier molecular flexibility index (Phi) is 2.96. The first kappa shape index (κ1) is 11.5. The minimum Gasteiger partial charge on any atom is -0.447 e. The number of carbonyl (C=O) groups excluding carboxylic acids is 1. The number of carbonyl (C=O) groups is 1. The molecule has 16 heavy (non-hydrogen) atoms. The molecule has 0 amide bonds. The quantitative estimate of drug-likeness (QED) is 0.718. The summed E-state index contributed by atoms with van der Waals surface area (Å²) < 4.78 is 5.09. The van der Waals surface area contributed by atoms with Gasteiger partial charge >= 0.3 is 5.97 Å². The highest BCUT2D eigenvalue weighted by atomic mass is 35.5. The third-order valence-corrected chi connectivity index (χ3v) is 3.52. The van der Waals surface area contributed by atoms with E-state index in [1.54, 1.807) is 0 Å². The van der Waals surface area contributed by atoms with Crippen LogP contribution in [0.2, 0.25) is 0 Å². The van der Waals surface area contributed by atoms with Crippen molar-refractivity contribution in [1.29, 1.82) is 0 Å². The number of halogens is 2. The Morgan fingerprint density at radius 2 is 1.88 bits per heavy atom. The standard InChI is InChI=1S/C12H10Cl2O2/c1-6-3-4-8(5-7(6)2)11-9(13)10(14)12(15)16-11/h3-5,11H,1-2H3. The molecule has 0 radical (unpaired) electrons. The van der Waals surface area contributed by atoms with Crippen LogP contribution < -0.4 is 0 Å². The molecular weight excluding hydrogens is 247 g/mol. The monoisotopic (exact) mass is 256 g/mol. The number of ether oxygens (including phenoxy) is 1. The predicted molar refractivity (Wildman–Crippen MR) is 63.5 cm³/mol. The molecule has 1 aliphatic heterocycles. The van der Waals surface area contributed by atoms with Gasteiger partial charge in [0.25, 0.3) is 0 Å². The van der Waals surface area contributed by atoms with Crippen molar-refractivity contribution in [3.63, 3.8) is 0 Å². The van der Waals surface area contributed by atoms with Crippen molar-refractivity contribution in [3.05, 3.63) is 45.0 Å². The number of aryl methyl sites for hydroxylation is 2. The highest BCUT2D eigenvalue weighted by Crippen LogP contribution is 2.39. The molecule has 0 bridgehead atoms. The first-order valence-electron chi connectivity index (χ1n) is 4.84. The lowest BCUT2D eigenvalue weighted by Crippen LogP contribution is -2.02. The summed E-state index contributed by atoms with van der Waals surface area (Å²) in [6.07, 6.45) is -0.555. The second kappa shape index (κ2) is 4.11. The molecular formula is C12H10Cl2O2. The smallest absolute Gasteiger partial charge is 0.352 e. The molecule has 2 rings (SSSR count). The van der Waals surface area contributed by atoms with Crippen LogP contribution in [0.25, 0.3) is 0 Å². The fraction of sp³-hybridized carbons (Fsp3) is 0.250. The van der Waals surface area contributed by atoms with Crippen molar-refractivity contribution in [1.82, 2.24) is 0 Å². The molecule has 0 aliphatic carbocycles. The van der Waals surface area contributed by atoms with Gasteiger partial charge < -0.3 is 4.74 Å². The van der Waals surface area contributed by atoms with Gasteiger partial charge in [0.05, 0.1) is 5.03 Å². The average Bonchev–Trinajstić information content (AvgIpc) is 2.50. The van der Waals surface area contributed by atoms with Crippen LogP contribution in [0.5, 0.6) is 0 Å². The fourth-order valence-electron chi connectivity index (χ4n) is 1.57. The van der Waals surface area contributed by atoms with Gasteiger partial charge in [0.2, 0.25) is 0 Å².